The molecule has 0 atom stereocenters. The van der Waals surface area contributed by atoms with Crippen molar-refractivity contribution in [2.45, 2.75) is 13.1 Å². The Morgan fingerprint density at radius 1 is 0.810 bits per heavy atom. The minimum atomic E-state index is -0.467. The molecule has 2 rings (SSSR count). The molecule has 0 amide bonds. The number of benzene rings is 2. The first-order chi connectivity index (χ1) is 10.1. The predicted octanol–water partition coefficient (Wildman–Crippen LogP) is 3.73. The van der Waals surface area contributed by atoms with Gasteiger partial charge >= 0.3 is 0 Å². The third-order valence-electron chi connectivity index (χ3n) is 2.97. The van der Waals surface area contributed by atoms with Gasteiger partial charge in [-0.3, -0.25) is 9.59 Å². The fourth-order valence-corrected chi connectivity index (χ4v) is 2.19. The lowest BCUT2D eigenvalue weighted by Gasteiger charge is -2.07. The highest BCUT2D eigenvalue weighted by atomic mass is 35.5. The zero-order chi connectivity index (χ0) is 15.2. The molecule has 108 valence electrons. The smallest absolute Gasteiger partial charge is 0.252 e. The van der Waals surface area contributed by atoms with Gasteiger partial charge < -0.3 is 5.32 Å². The van der Waals surface area contributed by atoms with E-state index in [1.54, 1.807) is 36.4 Å². The van der Waals surface area contributed by atoms with E-state index in [1.165, 1.54) is 0 Å². The molecule has 0 radical (unpaired) electrons. The lowest BCUT2D eigenvalue weighted by atomic mass is 10.1. The fraction of sp³-hybridized carbons (Fsp3) is 0.125. The second-order valence-corrected chi connectivity index (χ2v) is 5.24. The van der Waals surface area contributed by atoms with E-state index in [9.17, 15) is 9.59 Å². The number of nitrogens with one attached hydrogen (secondary N) is 1. The highest BCUT2D eigenvalue weighted by molar-refractivity contribution is 6.68. The van der Waals surface area contributed by atoms with E-state index in [0.29, 0.717) is 24.2 Å². The van der Waals surface area contributed by atoms with E-state index in [4.69, 9.17) is 23.2 Å². The lowest BCUT2D eigenvalue weighted by molar-refractivity contribution is 0.107. The third-order valence-corrected chi connectivity index (χ3v) is 3.40. The first-order valence-electron chi connectivity index (χ1n) is 6.34. The van der Waals surface area contributed by atoms with Crippen LogP contribution in [0.25, 0.3) is 0 Å². The molecular weight excluding hydrogens is 309 g/mol. The van der Waals surface area contributed by atoms with Crippen molar-refractivity contribution >= 4 is 33.7 Å². The van der Waals surface area contributed by atoms with Gasteiger partial charge in [-0.25, -0.2) is 0 Å². The maximum atomic E-state index is 11.1. The van der Waals surface area contributed by atoms with Gasteiger partial charge in [0.25, 0.3) is 10.5 Å². The summed E-state index contributed by atoms with van der Waals surface area (Å²) in [5, 5.41) is 2.31. The van der Waals surface area contributed by atoms with Crippen molar-refractivity contribution in [3.63, 3.8) is 0 Å². The van der Waals surface area contributed by atoms with Crippen molar-refractivity contribution in [1.29, 1.82) is 0 Å². The normalized spacial score (nSPS) is 10.4. The Morgan fingerprint density at radius 2 is 1.24 bits per heavy atom. The van der Waals surface area contributed by atoms with Crippen molar-refractivity contribution in [2.24, 2.45) is 0 Å². The summed E-state index contributed by atoms with van der Waals surface area (Å²) in [6, 6.07) is 14.3. The van der Waals surface area contributed by atoms with E-state index < -0.39 is 10.5 Å². The van der Waals surface area contributed by atoms with Gasteiger partial charge in [0.15, 0.2) is 0 Å². The number of hydrogen-bond donors (Lipinski definition) is 1. The molecule has 1 N–H and O–H groups in total. The van der Waals surface area contributed by atoms with Crippen molar-refractivity contribution in [2.75, 3.05) is 0 Å². The van der Waals surface area contributed by atoms with Crippen LogP contribution in [0.5, 0.6) is 0 Å². The Balaban J connectivity index is 1.95. The fourth-order valence-electron chi connectivity index (χ4n) is 1.96. The van der Waals surface area contributed by atoms with E-state index in [-0.39, 0.29) is 0 Å². The highest BCUT2D eigenvalue weighted by Crippen LogP contribution is 2.10. The molecule has 0 aliphatic rings. The molecule has 3 nitrogen and oxygen atoms in total. The van der Waals surface area contributed by atoms with Gasteiger partial charge in [-0.2, -0.15) is 0 Å². The van der Waals surface area contributed by atoms with Gasteiger partial charge in [0, 0.05) is 24.2 Å². The Kier molecular flexibility index (Phi) is 5.51. The number of halogens is 2. The maximum Gasteiger partial charge on any atom is 0.252 e. The number of carbonyl (C=O) groups is 2. The molecule has 0 fully saturated rings. The standard InChI is InChI=1S/C16H13Cl2NO2/c17-15(20)13-5-1-3-11(7-13)9-19-10-12-4-2-6-14(8-12)16(18)21/h1-8,19H,9-10H2. The van der Waals surface area contributed by atoms with Crippen LogP contribution < -0.4 is 5.32 Å². The van der Waals surface area contributed by atoms with Crippen LogP contribution in [0.4, 0.5) is 0 Å². The van der Waals surface area contributed by atoms with Gasteiger partial charge in [0.1, 0.15) is 0 Å². The highest BCUT2D eigenvalue weighted by Gasteiger charge is 2.04. The average Bonchev–Trinajstić information content (AvgIpc) is 2.48. The summed E-state index contributed by atoms with van der Waals surface area (Å²) in [4.78, 5) is 22.2. The maximum absolute atomic E-state index is 11.1. The van der Waals surface area contributed by atoms with Crippen LogP contribution in [0.15, 0.2) is 48.5 Å². The molecule has 0 unspecified atom stereocenters. The van der Waals surface area contributed by atoms with Crippen LogP contribution in [0.3, 0.4) is 0 Å². The molecule has 0 saturated heterocycles. The number of rotatable bonds is 6. The summed E-state index contributed by atoms with van der Waals surface area (Å²) in [7, 11) is 0. The van der Waals surface area contributed by atoms with Crippen molar-refractivity contribution in [1.82, 2.24) is 5.32 Å². The Bertz CT molecular complexity index is 613. The lowest BCUT2D eigenvalue weighted by Crippen LogP contribution is -2.13. The van der Waals surface area contributed by atoms with Gasteiger partial charge in [-0.1, -0.05) is 36.4 Å². The van der Waals surface area contributed by atoms with Crippen LogP contribution in [0.2, 0.25) is 0 Å². The molecule has 0 aliphatic carbocycles. The summed E-state index contributed by atoms with van der Waals surface area (Å²) in [6.45, 7) is 1.19. The SMILES string of the molecule is O=C(Cl)c1cccc(CNCc2cccc(C(=O)Cl)c2)c1. The molecule has 5 heteroatoms. The van der Waals surface area contributed by atoms with E-state index in [2.05, 4.69) is 5.32 Å². The first-order valence-corrected chi connectivity index (χ1v) is 7.10. The second-order valence-electron chi connectivity index (χ2n) is 4.55. The molecule has 21 heavy (non-hydrogen) atoms. The summed E-state index contributed by atoms with van der Waals surface area (Å²) in [5.41, 5.74) is 2.88. The quantitative estimate of drug-likeness (QED) is 0.824. The van der Waals surface area contributed by atoms with Crippen LogP contribution >= 0.6 is 23.2 Å². The first kappa shape index (κ1) is 15.7. The van der Waals surface area contributed by atoms with Crippen molar-refractivity contribution in [3.05, 3.63) is 70.8 Å². The van der Waals surface area contributed by atoms with Gasteiger partial charge in [-0.15, -0.1) is 0 Å². The summed E-state index contributed by atoms with van der Waals surface area (Å²) in [6.07, 6.45) is 0. The topological polar surface area (TPSA) is 46.2 Å². The molecule has 0 aromatic heterocycles. The number of carbonyl (C=O) groups excluding carboxylic acids is 2. The minimum Gasteiger partial charge on any atom is -0.309 e. The monoisotopic (exact) mass is 321 g/mol. The Morgan fingerprint density at radius 3 is 1.62 bits per heavy atom. The van der Waals surface area contributed by atoms with Crippen LogP contribution in [0.1, 0.15) is 31.8 Å². The van der Waals surface area contributed by atoms with E-state index in [0.717, 1.165) is 11.1 Å². The van der Waals surface area contributed by atoms with Gasteiger partial charge in [0.05, 0.1) is 0 Å². The van der Waals surface area contributed by atoms with E-state index >= 15 is 0 Å². The zero-order valence-electron chi connectivity index (χ0n) is 11.1. The molecule has 0 spiro atoms. The number of hydrogen-bond acceptors (Lipinski definition) is 3. The molecule has 0 bridgehead atoms. The predicted molar refractivity (Wildman–Crippen MR) is 83.8 cm³/mol. The average molecular weight is 322 g/mol. The minimum absolute atomic E-state index is 0.467. The Hall–Kier alpha value is -1.68. The molecule has 0 saturated carbocycles. The Labute approximate surface area is 132 Å². The largest absolute Gasteiger partial charge is 0.309 e. The summed E-state index contributed by atoms with van der Waals surface area (Å²) < 4.78 is 0. The summed E-state index contributed by atoms with van der Waals surface area (Å²) in [5.74, 6) is 0. The summed E-state index contributed by atoms with van der Waals surface area (Å²) >= 11 is 10.9. The van der Waals surface area contributed by atoms with Gasteiger partial charge in [-0.05, 0) is 46.5 Å². The molecular formula is C16H13Cl2NO2. The molecule has 2 aromatic carbocycles. The second kappa shape index (κ2) is 7.36. The van der Waals surface area contributed by atoms with Crippen molar-refractivity contribution < 1.29 is 9.59 Å². The molecule has 2 aromatic rings. The van der Waals surface area contributed by atoms with E-state index in [1.807, 2.05) is 12.1 Å². The zero-order valence-corrected chi connectivity index (χ0v) is 12.6. The third kappa shape index (κ3) is 4.67. The van der Waals surface area contributed by atoms with Gasteiger partial charge in [0.2, 0.25) is 0 Å². The van der Waals surface area contributed by atoms with Crippen LogP contribution in [-0.4, -0.2) is 10.5 Å². The van der Waals surface area contributed by atoms with Crippen LogP contribution in [0, 0.1) is 0 Å². The molecule has 0 aliphatic heterocycles. The molecule has 0 heterocycles. The van der Waals surface area contributed by atoms with Crippen molar-refractivity contribution in [3.8, 4) is 0 Å². The van der Waals surface area contributed by atoms with Crippen LogP contribution in [-0.2, 0) is 13.1 Å².